The maximum absolute atomic E-state index is 12.0. The van der Waals surface area contributed by atoms with Gasteiger partial charge in [-0.15, -0.1) is 0 Å². The van der Waals surface area contributed by atoms with Crippen LogP contribution in [0.25, 0.3) is 10.9 Å². The zero-order valence-electron chi connectivity index (χ0n) is 11.7. The Labute approximate surface area is 118 Å². The van der Waals surface area contributed by atoms with Crippen LogP contribution in [0, 0.1) is 6.92 Å². The van der Waals surface area contributed by atoms with Crippen molar-refractivity contribution in [2.24, 2.45) is 0 Å². The van der Waals surface area contributed by atoms with E-state index in [1.165, 1.54) is 5.56 Å². The van der Waals surface area contributed by atoms with Crippen molar-refractivity contribution in [1.29, 1.82) is 0 Å². The Morgan fingerprint density at radius 3 is 3.20 bits per heavy atom. The van der Waals surface area contributed by atoms with Crippen molar-refractivity contribution in [3.63, 3.8) is 0 Å². The van der Waals surface area contributed by atoms with Gasteiger partial charge < -0.3 is 15.0 Å². The lowest BCUT2D eigenvalue weighted by molar-refractivity contribution is -0.120. The topological polar surface area (TPSA) is 54.1 Å². The van der Waals surface area contributed by atoms with Gasteiger partial charge in [0, 0.05) is 30.3 Å². The maximum atomic E-state index is 12.0. The van der Waals surface area contributed by atoms with Gasteiger partial charge in [0.1, 0.15) is 0 Å². The summed E-state index contributed by atoms with van der Waals surface area (Å²) < 4.78 is 5.50. The van der Waals surface area contributed by atoms with Crippen LogP contribution < -0.4 is 5.32 Å². The zero-order chi connectivity index (χ0) is 13.9. The second kappa shape index (κ2) is 5.67. The van der Waals surface area contributed by atoms with Crippen molar-refractivity contribution >= 4 is 16.8 Å². The predicted molar refractivity (Wildman–Crippen MR) is 78.7 cm³/mol. The molecule has 0 spiro atoms. The van der Waals surface area contributed by atoms with Crippen LogP contribution in [0.5, 0.6) is 0 Å². The van der Waals surface area contributed by atoms with Gasteiger partial charge in [-0.05, 0) is 37.5 Å². The molecule has 2 N–H and O–H groups in total. The molecule has 2 aromatic rings. The first-order valence-corrected chi connectivity index (χ1v) is 7.17. The smallest absolute Gasteiger partial charge is 0.224 e. The first-order chi connectivity index (χ1) is 9.72. The lowest BCUT2D eigenvalue weighted by Gasteiger charge is -2.10. The molecule has 1 aromatic carbocycles. The van der Waals surface area contributed by atoms with Gasteiger partial charge in [0.05, 0.1) is 12.5 Å². The molecule has 1 aliphatic heterocycles. The summed E-state index contributed by atoms with van der Waals surface area (Å²) >= 11 is 0. The highest BCUT2D eigenvalue weighted by molar-refractivity contribution is 5.89. The molecule has 2 heterocycles. The molecule has 1 fully saturated rings. The number of H-pyrrole nitrogens is 1. The number of rotatable bonds is 4. The maximum Gasteiger partial charge on any atom is 0.224 e. The van der Waals surface area contributed by atoms with Crippen LogP contribution in [0.4, 0.5) is 0 Å². The van der Waals surface area contributed by atoms with E-state index < -0.39 is 0 Å². The lowest BCUT2D eigenvalue weighted by atomic mass is 10.1. The summed E-state index contributed by atoms with van der Waals surface area (Å²) in [5, 5.41) is 4.10. The summed E-state index contributed by atoms with van der Waals surface area (Å²) in [5.74, 6) is 0.0582. The average Bonchev–Trinajstić information content (AvgIpc) is 3.07. The summed E-state index contributed by atoms with van der Waals surface area (Å²) in [6.07, 6.45) is 4.69. The molecule has 0 bridgehead atoms. The Kier molecular flexibility index (Phi) is 3.74. The zero-order valence-corrected chi connectivity index (χ0v) is 11.7. The number of aryl methyl sites for hydroxylation is 1. The molecule has 3 rings (SSSR count). The van der Waals surface area contributed by atoms with Crippen LogP contribution in [-0.4, -0.2) is 30.1 Å². The van der Waals surface area contributed by atoms with E-state index in [0.29, 0.717) is 13.0 Å². The third-order valence-corrected chi connectivity index (χ3v) is 3.82. The average molecular weight is 272 g/mol. The summed E-state index contributed by atoms with van der Waals surface area (Å²) in [7, 11) is 0. The van der Waals surface area contributed by atoms with Gasteiger partial charge in [0.15, 0.2) is 0 Å². The molecule has 4 heteroatoms. The highest BCUT2D eigenvalue weighted by Crippen LogP contribution is 2.20. The number of amides is 1. The largest absolute Gasteiger partial charge is 0.376 e. The summed E-state index contributed by atoms with van der Waals surface area (Å²) in [6, 6.07) is 6.24. The Bertz CT molecular complexity index is 612. The monoisotopic (exact) mass is 272 g/mol. The number of aromatic nitrogens is 1. The first kappa shape index (κ1) is 13.2. The molecule has 1 atom stereocenters. The first-order valence-electron chi connectivity index (χ1n) is 7.17. The summed E-state index contributed by atoms with van der Waals surface area (Å²) in [4.78, 5) is 15.2. The standard InChI is InChI=1S/C16H20N2O2/c1-11-4-5-15-14(7-11)12(9-17-15)8-16(19)18-10-13-3-2-6-20-13/h4-5,7,9,13,17H,2-3,6,8,10H2,1H3,(H,18,19). The van der Waals surface area contributed by atoms with Gasteiger partial charge in [0.25, 0.3) is 0 Å². The van der Waals surface area contributed by atoms with Crippen LogP contribution in [0.1, 0.15) is 24.0 Å². The van der Waals surface area contributed by atoms with E-state index in [0.717, 1.165) is 35.9 Å². The minimum atomic E-state index is 0.0582. The molecule has 20 heavy (non-hydrogen) atoms. The van der Waals surface area contributed by atoms with Gasteiger partial charge in [-0.3, -0.25) is 4.79 Å². The quantitative estimate of drug-likeness (QED) is 0.897. The van der Waals surface area contributed by atoms with Gasteiger partial charge in [-0.2, -0.15) is 0 Å². The number of carbonyl (C=O) groups excluding carboxylic acids is 1. The number of hydrogen-bond donors (Lipinski definition) is 2. The molecule has 0 saturated carbocycles. The van der Waals surface area contributed by atoms with Gasteiger partial charge in [0.2, 0.25) is 5.91 Å². The van der Waals surface area contributed by atoms with Crippen LogP contribution in [0.2, 0.25) is 0 Å². The lowest BCUT2D eigenvalue weighted by Crippen LogP contribution is -2.32. The number of fused-ring (bicyclic) bond motifs is 1. The number of aromatic amines is 1. The van der Waals surface area contributed by atoms with Gasteiger partial charge >= 0.3 is 0 Å². The van der Waals surface area contributed by atoms with E-state index in [9.17, 15) is 4.79 Å². The van der Waals surface area contributed by atoms with Crippen LogP contribution in [0.3, 0.4) is 0 Å². The molecule has 106 valence electrons. The Morgan fingerprint density at radius 2 is 2.40 bits per heavy atom. The number of hydrogen-bond acceptors (Lipinski definition) is 2. The van der Waals surface area contributed by atoms with Crippen LogP contribution in [-0.2, 0) is 16.0 Å². The SMILES string of the molecule is Cc1ccc2[nH]cc(CC(=O)NCC3CCCO3)c2c1. The second-order valence-electron chi connectivity index (χ2n) is 5.48. The van der Waals surface area contributed by atoms with E-state index in [1.807, 2.05) is 6.20 Å². The van der Waals surface area contributed by atoms with Gasteiger partial charge in [-0.1, -0.05) is 11.6 Å². The summed E-state index contributed by atoms with van der Waals surface area (Å²) in [5.41, 5.74) is 3.34. The number of benzene rings is 1. The van der Waals surface area contributed by atoms with Crippen molar-refractivity contribution in [3.8, 4) is 0 Å². The van der Waals surface area contributed by atoms with E-state index >= 15 is 0 Å². The van der Waals surface area contributed by atoms with E-state index in [4.69, 9.17) is 4.74 Å². The molecule has 1 unspecified atom stereocenters. The van der Waals surface area contributed by atoms with E-state index in [2.05, 4.69) is 35.4 Å². The predicted octanol–water partition coefficient (Wildman–Crippen LogP) is 2.31. The highest BCUT2D eigenvalue weighted by atomic mass is 16.5. The van der Waals surface area contributed by atoms with Crippen LogP contribution >= 0.6 is 0 Å². The molecule has 0 aliphatic carbocycles. The molecular weight excluding hydrogens is 252 g/mol. The molecular formula is C16H20N2O2. The Morgan fingerprint density at radius 1 is 1.50 bits per heavy atom. The number of carbonyl (C=O) groups is 1. The van der Waals surface area contributed by atoms with Crippen LogP contribution in [0.15, 0.2) is 24.4 Å². The molecule has 0 radical (unpaired) electrons. The Hall–Kier alpha value is -1.81. The Balaban J connectivity index is 1.63. The minimum Gasteiger partial charge on any atom is -0.376 e. The third-order valence-electron chi connectivity index (χ3n) is 3.82. The highest BCUT2D eigenvalue weighted by Gasteiger charge is 2.16. The molecule has 1 aromatic heterocycles. The summed E-state index contributed by atoms with van der Waals surface area (Å²) in [6.45, 7) is 3.51. The number of ether oxygens (including phenoxy) is 1. The minimum absolute atomic E-state index is 0.0582. The fraction of sp³-hybridized carbons (Fsp3) is 0.438. The third kappa shape index (κ3) is 2.85. The van der Waals surface area contributed by atoms with Crippen molar-refractivity contribution in [2.45, 2.75) is 32.3 Å². The molecule has 1 aliphatic rings. The normalized spacial score (nSPS) is 18.6. The van der Waals surface area contributed by atoms with Crippen molar-refractivity contribution in [3.05, 3.63) is 35.5 Å². The van der Waals surface area contributed by atoms with E-state index in [1.54, 1.807) is 0 Å². The fourth-order valence-electron chi connectivity index (χ4n) is 2.71. The fourth-order valence-corrected chi connectivity index (χ4v) is 2.71. The molecule has 1 amide bonds. The molecule has 1 saturated heterocycles. The van der Waals surface area contributed by atoms with Crippen molar-refractivity contribution in [2.75, 3.05) is 13.2 Å². The van der Waals surface area contributed by atoms with Crippen molar-refractivity contribution < 1.29 is 9.53 Å². The van der Waals surface area contributed by atoms with Crippen molar-refractivity contribution in [1.82, 2.24) is 10.3 Å². The number of nitrogens with one attached hydrogen (secondary N) is 2. The molecule has 4 nitrogen and oxygen atoms in total. The van der Waals surface area contributed by atoms with Gasteiger partial charge in [-0.25, -0.2) is 0 Å². The second-order valence-corrected chi connectivity index (χ2v) is 5.48. The van der Waals surface area contributed by atoms with E-state index in [-0.39, 0.29) is 12.0 Å².